The number of nitrogens with one attached hydrogen (secondary N) is 3. The molecule has 3 aromatic rings. The molecule has 1 amide bonds. The van der Waals surface area contributed by atoms with E-state index in [4.69, 9.17) is 0 Å². The first-order valence-corrected chi connectivity index (χ1v) is 9.96. The number of amides is 1. The molecule has 1 aromatic heterocycles. The molecule has 138 valence electrons. The number of carbonyl (C=O) groups is 1. The minimum Gasteiger partial charge on any atom is -0.359 e. The molecule has 1 unspecified atom stereocenters. The molecule has 1 aliphatic rings. The summed E-state index contributed by atoms with van der Waals surface area (Å²) in [7, 11) is 0. The molecule has 3 N–H and O–H groups in total. The molecule has 4 rings (SSSR count). The number of hydrogen-bond donors (Lipinski definition) is 3. The van der Waals surface area contributed by atoms with Crippen molar-refractivity contribution in [3.63, 3.8) is 0 Å². The lowest BCUT2D eigenvalue weighted by Crippen LogP contribution is -2.14. The highest BCUT2D eigenvalue weighted by atomic mass is 32.1. The summed E-state index contributed by atoms with van der Waals surface area (Å²) in [6, 6.07) is 14.1. The molecule has 6 heteroatoms. The fraction of sp³-hybridized carbons (Fsp3) is 0.238. The highest BCUT2D eigenvalue weighted by Crippen LogP contribution is 2.36. The Kier molecular flexibility index (Phi) is 4.81. The SMILES string of the molecule is CC(C)c1ccc(CC(=O)Nc2ccc3c(c2)NC(c2cscn2)N3)cc1. The third kappa shape index (κ3) is 3.95. The Balaban J connectivity index is 1.39. The summed E-state index contributed by atoms with van der Waals surface area (Å²) in [5, 5.41) is 11.8. The van der Waals surface area contributed by atoms with Crippen LogP contribution >= 0.6 is 11.3 Å². The lowest BCUT2D eigenvalue weighted by atomic mass is 10.0. The summed E-state index contributed by atoms with van der Waals surface area (Å²) in [6.07, 6.45) is 0.333. The predicted molar refractivity (Wildman–Crippen MR) is 111 cm³/mol. The molecule has 1 aliphatic heterocycles. The minimum absolute atomic E-state index is 0.0192. The molecule has 27 heavy (non-hydrogen) atoms. The Morgan fingerprint density at radius 1 is 1.15 bits per heavy atom. The Morgan fingerprint density at radius 3 is 2.63 bits per heavy atom. The fourth-order valence-electron chi connectivity index (χ4n) is 3.14. The summed E-state index contributed by atoms with van der Waals surface area (Å²) in [5.41, 5.74) is 7.84. The maximum absolute atomic E-state index is 12.4. The molecule has 2 aromatic carbocycles. The Morgan fingerprint density at radius 2 is 1.93 bits per heavy atom. The first kappa shape index (κ1) is 17.5. The Labute approximate surface area is 162 Å². The smallest absolute Gasteiger partial charge is 0.228 e. The van der Waals surface area contributed by atoms with Crippen LogP contribution in [-0.4, -0.2) is 10.9 Å². The van der Waals surface area contributed by atoms with Gasteiger partial charge in [-0.15, -0.1) is 11.3 Å². The zero-order valence-corrected chi connectivity index (χ0v) is 16.1. The first-order valence-electron chi connectivity index (χ1n) is 9.02. The van der Waals surface area contributed by atoms with Crippen molar-refractivity contribution in [3.8, 4) is 0 Å². The number of hydrogen-bond acceptors (Lipinski definition) is 5. The van der Waals surface area contributed by atoms with Crippen LogP contribution in [0.4, 0.5) is 17.1 Å². The molecule has 1 atom stereocenters. The van der Waals surface area contributed by atoms with Crippen LogP contribution in [0.3, 0.4) is 0 Å². The van der Waals surface area contributed by atoms with Crippen molar-refractivity contribution >= 4 is 34.3 Å². The monoisotopic (exact) mass is 378 g/mol. The molecular weight excluding hydrogens is 356 g/mol. The average Bonchev–Trinajstić information content (AvgIpc) is 3.31. The van der Waals surface area contributed by atoms with Gasteiger partial charge in [0.15, 0.2) is 0 Å². The summed E-state index contributed by atoms with van der Waals surface area (Å²) in [6.45, 7) is 4.33. The van der Waals surface area contributed by atoms with Crippen molar-refractivity contribution in [3.05, 3.63) is 70.2 Å². The van der Waals surface area contributed by atoms with E-state index in [1.165, 1.54) is 5.56 Å². The maximum atomic E-state index is 12.4. The molecule has 0 saturated carbocycles. The normalized spacial score (nSPS) is 15.1. The average molecular weight is 379 g/mol. The number of rotatable bonds is 5. The fourth-order valence-corrected chi connectivity index (χ4v) is 3.72. The summed E-state index contributed by atoms with van der Waals surface area (Å²) in [5.74, 6) is 0.475. The van der Waals surface area contributed by atoms with Gasteiger partial charge < -0.3 is 16.0 Å². The van der Waals surface area contributed by atoms with Crippen molar-refractivity contribution in [1.82, 2.24) is 4.98 Å². The minimum atomic E-state index is -0.0309. The zero-order valence-electron chi connectivity index (χ0n) is 15.3. The third-order valence-electron chi connectivity index (χ3n) is 4.66. The van der Waals surface area contributed by atoms with Crippen molar-refractivity contribution in [2.24, 2.45) is 0 Å². The van der Waals surface area contributed by atoms with Crippen LogP contribution in [0.1, 0.15) is 42.8 Å². The lowest BCUT2D eigenvalue weighted by molar-refractivity contribution is -0.115. The van der Waals surface area contributed by atoms with Crippen molar-refractivity contribution < 1.29 is 4.79 Å². The topological polar surface area (TPSA) is 66.0 Å². The second-order valence-electron chi connectivity index (χ2n) is 7.02. The van der Waals surface area contributed by atoms with Crippen molar-refractivity contribution in [2.45, 2.75) is 32.4 Å². The van der Waals surface area contributed by atoms with Gasteiger partial charge >= 0.3 is 0 Å². The van der Waals surface area contributed by atoms with Crippen LogP contribution in [0.15, 0.2) is 53.4 Å². The molecule has 0 bridgehead atoms. The highest BCUT2D eigenvalue weighted by molar-refractivity contribution is 7.07. The zero-order chi connectivity index (χ0) is 18.8. The third-order valence-corrected chi connectivity index (χ3v) is 5.27. The van der Waals surface area contributed by atoms with Gasteiger partial charge in [0.25, 0.3) is 0 Å². The van der Waals surface area contributed by atoms with Crippen LogP contribution in [0.2, 0.25) is 0 Å². The van der Waals surface area contributed by atoms with E-state index in [9.17, 15) is 4.79 Å². The molecular formula is C21H22N4OS. The molecule has 0 spiro atoms. The molecule has 0 fully saturated rings. The lowest BCUT2D eigenvalue weighted by Gasteiger charge is -2.09. The van der Waals surface area contributed by atoms with Crippen LogP contribution < -0.4 is 16.0 Å². The molecule has 0 radical (unpaired) electrons. The van der Waals surface area contributed by atoms with E-state index >= 15 is 0 Å². The number of aromatic nitrogens is 1. The van der Waals surface area contributed by atoms with Gasteiger partial charge in [0.05, 0.1) is 29.0 Å². The van der Waals surface area contributed by atoms with Gasteiger partial charge in [-0.2, -0.15) is 0 Å². The van der Waals surface area contributed by atoms with E-state index < -0.39 is 0 Å². The number of benzene rings is 2. The standard InChI is InChI=1S/C21H22N4OS/c1-13(2)15-5-3-14(4-6-15)9-20(26)23-16-7-8-17-18(10-16)25-21(24-17)19-11-27-12-22-19/h3-8,10-13,21,24-25H,9H2,1-2H3,(H,23,26). The first-order chi connectivity index (χ1) is 13.1. The van der Waals surface area contributed by atoms with Crippen molar-refractivity contribution in [1.29, 1.82) is 0 Å². The maximum Gasteiger partial charge on any atom is 0.228 e. The molecule has 2 heterocycles. The van der Waals surface area contributed by atoms with Gasteiger partial charge in [-0.3, -0.25) is 4.79 Å². The quantitative estimate of drug-likeness (QED) is 0.585. The molecule has 5 nitrogen and oxygen atoms in total. The van der Waals surface area contributed by atoms with Gasteiger partial charge in [0, 0.05) is 11.1 Å². The van der Waals surface area contributed by atoms with E-state index in [1.54, 1.807) is 11.3 Å². The number of thiazole rings is 1. The van der Waals surface area contributed by atoms with Crippen LogP contribution in [0.5, 0.6) is 0 Å². The van der Waals surface area contributed by atoms with E-state index in [0.717, 1.165) is 28.3 Å². The van der Waals surface area contributed by atoms with Crippen LogP contribution in [0, 0.1) is 0 Å². The van der Waals surface area contributed by atoms with E-state index in [2.05, 4.69) is 46.9 Å². The van der Waals surface area contributed by atoms with Gasteiger partial charge in [0.1, 0.15) is 6.17 Å². The van der Waals surface area contributed by atoms with Gasteiger partial charge in [-0.1, -0.05) is 38.1 Å². The Bertz CT molecular complexity index is 935. The van der Waals surface area contributed by atoms with Gasteiger partial charge in [-0.25, -0.2) is 4.98 Å². The van der Waals surface area contributed by atoms with Crippen LogP contribution in [-0.2, 0) is 11.2 Å². The number of nitrogens with zero attached hydrogens (tertiary/aromatic N) is 1. The summed E-state index contributed by atoms with van der Waals surface area (Å²) in [4.78, 5) is 16.7. The highest BCUT2D eigenvalue weighted by Gasteiger charge is 2.22. The van der Waals surface area contributed by atoms with Gasteiger partial charge in [-0.05, 0) is 35.2 Å². The van der Waals surface area contributed by atoms with Crippen molar-refractivity contribution in [2.75, 3.05) is 16.0 Å². The number of fused-ring (bicyclic) bond motifs is 1. The van der Waals surface area contributed by atoms with E-state index in [-0.39, 0.29) is 12.1 Å². The second-order valence-corrected chi connectivity index (χ2v) is 7.74. The van der Waals surface area contributed by atoms with E-state index in [1.807, 2.05) is 41.2 Å². The van der Waals surface area contributed by atoms with Gasteiger partial charge in [0.2, 0.25) is 5.91 Å². The molecule has 0 aliphatic carbocycles. The summed E-state index contributed by atoms with van der Waals surface area (Å²) < 4.78 is 0. The molecule has 0 saturated heterocycles. The Hall–Kier alpha value is -2.86. The largest absolute Gasteiger partial charge is 0.359 e. The van der Waals surface area contributed by atoms with E-state index in [0.29, 0.717) is 12.3 Å². The van der Waals surface area contributed by atoms with Crippen LogP contribution in [0.25, 0.3) is 0 Å². The second kappa shape index (κ2) is 7.40. The predicted octanol–water partition coefficient (Wildman–Crippen LogP) is 4.98. The number of carbonyl (C=O) groups excluding carboxylic acids is 1. The summed E-state index contributed by atoms with van der Waals surface area (Å²) >= 11 is 1.57. The number of anilines is 3.